The standard InChI is InChI=1S/C21H33NO7/c1-2-3-4-7-22-21(23)18-5-6-19-20(16-18)29-17-27-13-12-25-9-8-24-10-11-26-14-15-28-19/h2,5,16,19H,1,3-4,6-15,17H2,(H,22,23). The largest absolute Gasteiger partial charge is 0.469 e. The van der Waals surface area contributed by atoms with Crippen molar-refractivity contribution in [3.63, 3.8) is 0 Å². The molecule has 8 nitrogen and oxygen atoms in total. The van der Waals surface area contributed by atoms with Gasteiger partial charge < -0.3 is 33.7 Å². The van der Waals surface area contributed by atoms with Crippen molar-refractivity contribution in [2.45, 2.75) is 25.4 Å². The molecule has 1 heterocycles. The van der Waals surface area contributed by atoms with E-state index in [9.17, 15) is 4.79 Å². The second-order valence-electron chi connectivity index (χ2n) is 6.50. The molecule has 0 aromatic rings. The van der Waals surface area contributed by atoms with E-state index in [4.69, 9.17) is 28.4 Å². The Bertz CT molecular complexity index is 547. The number of allylic oxidation sites excluding steroid dienone is 1. The first-order valence-corrected chi connectivity index (χ1v) is 10.2. The summed E-state index contributed by atoms with van der Waals surface area (Å²) in [5.74, 6) is 0.460. The van der Waals surface area contributed by atoms with Crippen LogP contribution in [0.3, 0.4) is 0 Å². The van der Waals surface area contributed by atoms with Crippen LogP contribution < -0.4 is 5.32 Å². The summed E-state index contributed by atoms with van der Waals surface area (Å²) in [7, 11) is 0. The van der Waals surface area contributed by atoms with Gasteiger partial charge >= 0.3 is 0 Å². The SMILES string of the molecule is C=CCCCNC(=O)C1=CCC2OCCOCCOCCOCCOCOC2=C1. The van der Waals surface area contributed by atoms with Crippen molar-refractivity contribution < 1.29 is 33.2 Å². The predicted molar refractivity (Wildman–Crippen MR) is 107 cm³/mol. The van der Waals surface area contributed by atoms with Crippen LogP contribution in [0.4, 0.5) is 0 Å². The summed E-state index contributed by atoms with van der Waals surface area (Å²) in [5, 5.41) is 2.91. The number of ether oxygens (including phenoxy) is 6. The molecule has 29 heavy (non-hydrogen) atoms. The van der Waals surface area contributed by atoms with Gasteiger partial charge in [-0.3, -0.25) is 4.79 Å². The molecule has 0 saturated carbocycles. The van der Waals surface area contributed by atoms with Crippen molar-refractivity contribution in [1.82, 2.24) is 5.32 Å². The lowest BCUT2D eigenvalue weighted by Crippen LogP contribution is -2.29. The molecule has 1 unspecified atom stereocenters. The van der Waals surface area contributed by atoms with Gasteiger partial charge in [0.15, 0.2) is 6.79 Å². The molecule has 1 aliphatic carbocycles. The van der Waals surface area contributed by atoms with Gasteiger partial charge in [0, 0.05) is 12.1 Å². The first kappa shape index (κ1) is 23.6. The van der Waals surface area contributed by atoms with Gasteiger partial charge in [-0.2, -0.15) is 0 Å². The molecule has 1 atom stereocenters. The zero-order valence-corrected chi connectivity index (χ0v) is 17.1. The van der Waals surface area contributed by atoms with Crippen LogP contribution in [0.2, 0.25) is 0 Å². The Balaban J connectivity index is 1.88. The Hall–Kier alpha value is -1.71. The predicted octanol–water partition coefficient (Wildman–Crippen LogP) is 1.72. The average molecular weight is 411 g/mol. The monoisotopic (exact) mass is 411 g/mol. The molecule has 1 N–H and O–H groups in total. The third-order valence-electron chi connectivity index (χ3n) is 4.27. The molecule has 0 radical (unpaired) electrons. The van der Waals surface area contributed by atoms with Gasteiger partial charge in [-0.1, -0.05) is 12.2 Å². The molecular weight excluding hydrogens is 378 g/mol. The third kappa shape index (κ3) is 10.0. The van der Waals surface area contributed by atoms with Crippen molar-refractivity contribution in [3.8, 4) is 0 Å². The molecule has 0 aromatic carbocycles. The number of hydrogen-bond donors (Lipinski definition) is 1. The van der Waals surface area contributed by atoms with Crippen LogP contribution in [0.5, 0.6) is 0 Å². The summed E-state index contributed by atoms with van der Waals surface area (Å²) in [4.78, 5) is 12.4. The highest BCUT2D eigenvalue weighted by atomic mass is 16.7. The molecule has 164 valence electrons. The van der Waals surface area contributed by atoms with E-state index in [1.807, 2.05) is 12.2 Å². The molecule has 1 saturated heterocycles. The van der Waals surface area contributed by atoms with E-state index in [-0.39, 0.29) is 18.8 Å². The van der Waals surface area contributed by atoms with Crippen LogP contribution >= 0.6 is 0 Å². The minimum Gasteiger partial charge on any atom is -0.469 e. The molecule has 1 aliphatic heterocycles. The number of nitrogens with one attached hydrogen (secondary N) is 1. The van der Waals surface area contributed by atoms with Crippen LogP contribution in [0, 0.1) is 0 Å². The zero-order valence-electron chi connectivity index (χ0n) is 17.1. The van der Waals surface area contributed by atoms with E-state index in [1.165, 1.54) is 0 Å². The number of amides is 1. The molecule has 0 bridgehead atoms. The van der Waals surface area contributed by atoms with Crippen molar-refractivity contribution in [2.24, 2.45) is 0 Å². The van der Waals surface area contributed by atoms with Gasteiger partial charge in [0.05, 0.1) is 52.9 Å². The van der Waals surface area contributed by atoms with Gasteiger partial charge in [0.1, 0.15) is 11.9 Å². The molecular formula is C21H33NO7. The van der Waals surface area contributed by atoms with Crippen LogP contribution in [0.15, 0.2) is 36.1 Å². The summed E-state index contributed by atoms with van der Waals surface area (Å²) in [6.45, 7) is 8.17. The number of unbranched alkanes of at least 4 members (excludes halogenated alkanes) is 1. The smallest absolute Gasteiger partial charge is 0.251 e. The Morgan fingerprint density at radius 2 is 1.69 bits per heavy atom. The first-order chi connectivity index (χ1) is 14.3. The Morgan fingerprint density at radius 3 is 2.38 bits per heavy atom. The fraction of sp³-hybridized carbons (Fsp3) is 0.667. The van der Waals surface area contributed by atoms with Gasteiger partial charge in [0.2, 0.25) is 0 Å². The van der Waals surface area contributed by atoms with Crippen LogP contribution in [-0.4, -0.2) is 78.2 Å². The Labute approximate surface area is 172 Å². The number of rotatable bonds is 5. The summed E-state index contributed by atoms with van der Waals surface area (Å²) >= 11 is 0. The van der Waals surface area contributed by atoms with E-state index in [2.05, 4.69) is 11.9 Å². The van der Waals surface area contributed by atoms with Crippen LogP contribution in [-0.2, 0) is 33.2 Å². The van der Waals surface area contributed by atoms with Crippen LogP contribution in [0.1, 0.15) is 19.3 Å². The van der Waals surface area contributed by atoms with E-state index >= 15 is 0 Å². The average Bonchev–Trinajstić information content (AvgIpc) is 2.74. The molecule has 1 amide bonds. The van der Waals surface area contributed by atoms with Gasteiger partial charge in [-0.25, -0.2) is 0 Å². The number of hydrogen-bond acceptors (Lipinski definition) is 7. The maximum atomic E-state index is 12.4. The lowest BCUT2D eigenvalue weighted by atomic mass is 10.0. The minimum absolute atomic E-state index is 0.0658. The maximum absolute atomic E-state index is 12.4. The zero-order chi connectivity index (χ0) is 20.6. The number of carbonyl (C=O) groups excluding carboxylic acids is 1. The third-order valence-corrected chi connectivity index (χ3v) is 4.27. The van der Waals surface area contributed by atoms with Crippen molar-refractivity contribution in [1.29, 1.82) is 0 Å². The molecule has 0 aromatic heterocycles. The van der Waals surface area contributed by atoms with Crippen LogP contribution in [0.25, 0.3) is 0 Å². The summed E-state index contributed by atoms with van der Waals surface area (Å²) < 4.78 is 33.4. The highest BCUT2D eigenvalue weighted by molar-refractivity contribution is 5.96. The van der Waals surface area contributed by atoms with Gasteiger partial charge in [-0.15, -0.1) is 6.58 Å². The maximum Gasteiger partial charge on any atom is 0.251 e. The fourth-order valence-corrected chi connectivity index (χ4v) is 2.73. The number of fused-ring (bicyclic) bond motifs is 1. The minimum atomic E-state index is -0.275. The van der Waals surface area contributed by atoms with Gasteiger partial charge in [0.25, 0.3) is 5.91 Å². The normalized spacial score (nSPS) is 22.8. The molecule has 2 aliphatic rings. The second-order valence-corrected chi connectivity index (χ2v) is 6.50. The Morgan fingerprint density at radius 1 is 1.03 bits per heavy atom. The van der Waals surface area contributed by atoms with E-state index in [1.54, 1.807) is 6.08 Å². The Kier molecular flexibility index (Phi) is 12.3. The van der Waals surface area contributed by atoms with E-state index < -0.39 is 0 Å². The fourth-order valence-electron chi connectivity index (χ4n) is 2.73. The quantitative estimate of drug-likeness (QED) is 0.545. The topological polar surface area (TPSA) is 84.5 Å². The second kappa shape index (κ2) is 15.2. The first-order valence-electron chi connectivity index (χ1n) is 10.2. The van der Waals surface area contributed by atoms with E-state index in [0.717, 1.165) is 12.8 Å². The highest BCUT2D eigenvalue weighted by Gasteiger charge is 2.23. The van der Waals surface area contributed by atoms with Crippen molar-refractivity contribution >= 4 is 5.91 Å². The summed E-state index contributed by atoms with van der Waals surface area (Å²) in [6.07, 6.45) is 7.44. The molecule has 1 fully saturated rings. The summed E-state index contributed by atoms with van der Waals surface area (Å²) in [6, 6.07) is 0. The lowest BCUT2D eigenvalue weighted by molar-refractivity contribution is -0.117. The molecule has 2 rings (SSSR count). The van der Waals surface area contributed by atoms with E-state index in [0.29, 0.717) is 77.2 Å². The molecule has 0 spiro atoms. The van der Waals surface area contributed by atoms with Gasteiger partial charge in [-0.05, 0) is 25.3 Å². The summed E-state index contributed by atoms with van der Waals surface area (Å²) in [5.41, 5.74) is 0.570. The van der Waals surface area contributed by atoms with Crippen molar-refractivity contribution in [3.05, 3.63) is 36.1 Å². The van der Waals surface area contributed by atoms with Crippen molar-refractivity contribution in [2.75, 3.05) is 66.2 Å². The highest BCUT2D eigenvalue weighted by Crippen LogP contribution is 2.22. The number of carbonyl (C=O) groups is 1. The lowest BCUT2D eigenvalue weighted by Gasteiger charge is -2.24. The molecule has 8 heteroatoms.